The largest absolute Gasteiger partial charge is 0.491 e. The van der Waals surface area contributed by atoms with Gasteiger partial charge in [0, 0.05) is 6.54 Å². The number of nitrogens with zero attached hydrogens (tertiary/aromatic N) is 2. The van der Waals surface area contributed by atoms with Gasteiger partial charge in [0.25, 0.3) is 10.0 Å². The van der Waals surface area contributed by atoms with Crippen molar-refractivity contribution in [3.05, 3.63) is 40.4 Å². The summed E-state index contributed by atoms with van der Waals surface area (Å²) < 4.78 is 36.7. The van der Waals surface area contributed by atoms with E-state index in [1.807, 2.05) is 37.2 Å². The predicted molar refractivity (Wildman–Crippen MR) is 112 cm³/mol. The number of aliphatic hydroxyl groups is 1. The van der Waals surface area contributed by atoms with Crippen molar-refractivity contribution in [3.63, 3.8) is 0 Å². The van der Waals surface area contributed by atoms with E-state index in [4.69, 9.17) is 15.2 Å². The maximum Gasteiger partial charge on any atom is 0.354 e. The van der Waals surface area contributed by atoms with Gasteiger partial charge in [0.1, 0.15) is 23.7 Å². The minimum absolute atomic E-state index is 0.000592. The van der Waals surface area contributed by atoms with E-state index < -0.39 is 26.5 Å². The van der Waals surface area contributed by atoms with Crippen molar-refractivity contribution in [3.8, 4) is 5.75 Å². The number of nitrogens with two attached hydrogens (primary N) is 1. The van der Waals surface area contributed by atoms with Crippen molar-refractivity contribution in [2.75, 3.05) is 33.9 Å². The average Bonchev–Trinajstić information content (AvgIpc) is 2.87. The van der Waals surface area contributed by atoms with Crippen LogP contribution < -0.4 is 15.2 Å². The number of carbonyl (C=O) groups is 1. The van der Waals surface area contributed by atoms with Crippen LogP contribution in [0.2, 0.25) is 0 Å². The van der Waals surface area contributed by atoms with Crippen LogP contribution in [0.15, 0.2) is 39.9 Å². The van der Waals surface area contributed by atoms with Gasteiger partial charge >= 0.3 is 5.97 Å². The zero-order chi connectivity index (χ0) is 22.5. The highest BCUT2D eigenvalue weighted by Crippen LogP contribution is 2.20. The van der Waals surface area contributed by atoms with Gasteiger partial charge < -0.3 is 25.2 Å². The molecule has 1 aromatic carbocycles. The van der Waals surface area contributed by atoms with Gasteiger partial charge in [0.2, 0.25) is 0 Å². The highest BCUT2D eigenvalue weighted by molar-refractivity contribution is 7.95. The van der Waals surface area contributed by atoms with Crippen LogP contribution in [-0.2, 0) is 26.1 Å². The molecule has 1 aliphatic heterocycles. The minimum atomic E-state index is -4.16. The summed E-state index contributed by atoms with van der Waals surface area (Å²) >= 11 is 0. The molecule has 10 nitrogen and oxygen atoms in total. The van der Waals surface area contributed by atoms with Gasteiger partial charge in [0.15, 0.2) is 10.7 Å². The minimum Gasteiger partial charge on any atom is -0.491 e. The zero-order valence-electron chi connectivity index (χ0n) is 17.5. The molecule has 0 aliphatic carbocycles. The number of aliphatic imine (C=N–C) groups is 1. The maximum absolute atomic E-state index is 12.1. The Kier molecular flexibility index (Phi) is 7.45. The van der Waals surface area contributed by atoms with Crippen molar-refractivity contribution in [2.45, 2.75) is 26.0 Å². The summed E-state index contributed by atoms with van der Waals surface area (Å²) in [7, 11) is -0.241. The number of ether oxygens (including phenoxy) is 2. The van der Waals surface area contributed by atoms with E-state index in [0.29, 0.717) is 5.75 Å². The van der Waals surface area contributed by atoms with Crippen molar-refractivity contribution < 1.29 is 27.8 Å². The van der Waals surface area contributed by atoms with Gasteiger partial charge in [0.05, 0.1) is 13.2 Å². The Bertz CT molecular complexity index is 954. The molecule has 1 heterocycles. The van der Waals surface area contributed by atoms with Crippen LogP contribution in [0.1, 0.15) is 19.4 Å². The molecule has 1 aromatic rings. The third kappa shape index (κ3) is 6.18. The first kappa shape index (κ1) is 23.6. The lowest BCUT2D eigenvalue weighted by Gasteiger charge is -2.22. The van der Waals surface area contributed by atoms with E-state index in [1.54, 1.807) is 13.0 Å². The topological polar surface area (TPSA) is 144 Å². The van der Waals surface area contributed by atoms with Gasteiger partial charge in [-0.15, -0.1) is 0 Å². The molecule has 0 saturated carbocycles. The number of hydrogen-bond acceptors (Lipinski definition) is 9. The Morgan fingerprint density at radius 2 is 2.07 bits per heavy atom. The predicted octanol–water partition coefficient (Wildman–Crippen LogP) is -0.0571. The van der Waals surface area contributed by atoms with Crippen LogP contribution in [0.3, 0.4) is 0 Å². The zero-order valence-corrected chi connectivity index (χ0v) is 18.3. The first-order valence-corrected chi connectivity index (χ1v) is 10.8. The van der Waals surface area contributed by atoms with Gasteiger partial charge in [-0.2, -0.15) is 0 Å². The third-order valence-electron chi connectivity index (χ3n) is 3.99. The summed E-state index contributed by atoms with van der Waals surface area (Å²) in [6, 6.07) is 7.48. The van der Waals surface area contributed by atoms with E-state index in [0.717, 1.165) is 12.1 Å². The molecular formula is C19H28N4O6S. The fraction of sp³-hybridized carbons (Fsp3) is 0.474. The lowest BCUT2D eigenvalue weighted by molar-refractivity contribution is -0.137. The van der Waals surface area contributed by atoms with Crippen LogP contribution in [0.4, 0.5) is 0 Å². The summed E-state index contributed by atoms with van der Waals surface area (Å²) in [6.45, 7) is 3.49. The number of sulfonamides is 1. The molecule has 166 valence electrons. The molecule has 1 aliphatic rings. The number of nitrogens with one attached hydrogen (secondary N) is 1. The Hall–Kier alpha value is -2.63. The molecule has 0 bridgehead atoms. The first-order chi connectivity index (χ1) is 13.9. The molecule has 0 amide bonds. The van der Waals surface area contributed by atoms with Crippen LogP contribution in [0.25, 0.3) is 0 Å². The standard InChI is InChI=1S/C19H28N4O6S/c1-5-28-18(24)16-15(20)17(22-30(16,26)27)21-11-19(2,25)12-29-14-8-6-7-13(9-14)10-23(3)4/h6-9,25H,5,10-12,20H2,1-4H3,(H,21,22). The molecule has 1 unspecified atom stereocenters. The van der Waals surface area contributed by atoms with Crippen LogP contribution in [0.5, 0.6) is 5.75 Å². The highest BCUT2D eigenvalue weighted by Gasteiger charge is 2.39. The summed E-state index contributed by atoms with van der Waals surface area (Å²) in [4.78, 5) is 17.2. The molecule has 30 heavy (non-hydrogen) atoms. The number of esters is 1. The smallest absolute Gasteiger partial charge is 0.354 e. The molecule has 0 aromatic heterocycles. The number of rotatable bonds is 9. The quantitative estimate of drug-likeness (QED) is 0.453. The van der Waals surface area contributed by atoms with Crippen molar-refractivity contribution in [1.82, 2.24) is 9.62 Å². The Balaban J connectivity index is 2.07. The van der Waals surface area contributed by atoms with E-state index in [2.05, 4.69) is 9.71 Å². The Labute approximate surface area is 176 Å². The maximum atomic E-state index is 12.1. The fourth-order valence-corrected chi connectivity index (χ4v) is 3.85. The average molecular weight is 441 g/mol. The van der Waals surface area contributed by atoms with Crippen molar-refractivity contribution in [2.24, 2.45) is 10.7 Å². The number of benzene rings is 1. The monoisotopic (exact) mass is 440 g/mol. The SMILES string of the molecule is CCOC(=O)C1=C(N)C(=NCC(C)(O)COc2cccc(CN(C)C)c2)NS1(=O)=O. The van der Waals surface area contributed by atoms with Gasteiger partial charge in [-0.3, -0.25) is 9.71 Å². The van der Waals surface area contributed by atoms with Crippen LogP contribution >= 0.6 is 0 Å². The fourth-order valence-electron chi connectivity index (χ4n) is 2.65. The Morgan fingerprint density at radius 3 is 2.70 bits per heavy atom. The lowest BCUT2D eigenvalue weighted by atomic mass is 10.1. The van der Waals surface area contributed by atoms with Crippen molar-refractivity contribution in [1.29, 1.82) is 0 Å². The molecule has 2 rings (SSSR count). The van der Waals surface area contributed by atoms with Crippen LogP contribution in [-0.4, -0.2) is 69.7 Å². The molecule has 0 radical (unpaired) electrons. The second-order valence-electron chi connectivity index (χ2n) is 7.40. The molecule has 4 N–H and O–H groups in total. The number of hydrogen-bond donors (Lipinski definition) is 3. The van der Waals surface area contributed by atoms with E-state index >= 15 is 0 Å². The van der Waals surface area contributed by atoms with Gasteiger partial charge in [-0.25, -0.2) is 13.2 Å². The van der Waals surface area contributed by atoms with E-state index in [9.17, 15) is 18.3 Å². The summed E-state index contributed by atoms with van der Waals surface area (Å²) in [5.74, 6) is -0.681. The molecule has 0 saturated heterocycles. The molecule has 1 atom stereocenters. The summed E-state index contributed by atoms with van der Waals surface area (Å²) in [6.07, 6.45) is 0. The second-order valence-corrected chi connectivity index (χ2v) is 9.02. The Morgan fingerprint density at radius 1 is 1.37 bits per heavy atom. The molecule has 0 spiro atoms. The number of amidine groups is 1. The summed E-state index contributed by atoms with van der Waals surface area (Å²) in [5.41, 5.74) is 5.07. The van der Waals surface area contributed by atoms with Crippen molar-refractivity contribution >= 4 is 21.8 Å². The second kappa shape index (κ2) is 9.45. The molecule has 11 heteroatoms. The van der Waals surface area contributed by atoms with E-state index in [1.165, 1.54) is 6.92 Å². The first-order valence-electron chi connectivity index (χ1n) is 9.28. The van der Waals surface area contributed by atoms with Crippen LogP contribution in [0, 0.1) is 0 Å². The lowest BCUT2D eigenvalue weighted by Crippen LogP contribution is -2.37. The van der Waals surface area contributed by atoms with Gasteiger partial charge in [-0.1, -0.05) is 12.1 Å². The third-order valence-corrected chi connectivity index (χ3v) is 5.37. The van der Waals surface area contributed by atoms with E-state index in [-0.39, 0.29) is 31.3 Å². The van der Waals surface area contributed by atoms with Gasteiger partial charge in [-0.05, 0) is 45.6 Å². The molecular weight excluding hydrogens is 412 g/mol. The molecule has 0 fully saturated rings. The number of carbonyl (C=O) groups excluding carboxylic acids is 1. The normalized spacial score (nSPS) is 18.9. The summed E-state index contributed by atoms with van der Waals surface area (Å²) in [5, 5.41) is 10.6. The highest BCUT2D eigenvalue weighted by atomic mass is 32.2.